The van der Waals surface area contributed by atoms with Crippen molar-refractivity contribution in [2.45, 2.75) is 19.4 Å². The number of rotatable bonds is 6. The number of alkyl halides is 1. The van der Waals surface area contributed by atoms with Crippen LogP contribution in [0.4, 0.5) is 0 Å². The Labute approximate surface area is 129 Å². The Morgan fingerprint density at radius 2 is 1.60 bits per heavy atom. The molecule has 0 N–H and O–H groups in total. The molecule has 0 aliphatic rings. The van der Waals surface area contributed by atoms with E-state index in [-0.39, 0.29) is 0 Å². The lowest BCUT2D eigenvalue weighted by atomic mass is 10.2. The minimum absolute atomic E-state index is 0.456. The van der Waals surface area contributed by atoms with E-state index in [1.165, 1.54) is 0 Å². The fraction of sp³-hybridized carbons (Fsp3) is 0.250. The maximum absolute atomic E-state index is 5.86. The third kappa shape index (κ3) is 4.06. The van der Waals surface area contributed by atoms with E-state index < -0.39 is 0 Å². The first-order valence-electron chi connectivity index (χ1n) is 6.42. The second kappa shape index (κ2) is 7.41. The molecule has 20 heavy (non-hydrogen) atoms. The van der Waals surface area contributed by atoms with Crippen LogP contribution in [0.3, 0.4) is 0 Å². The molecule has 0 heterocycles. The Morgan fingerprint density at radius 3 is 2.25 bits per heavy atom. The van der Waals surface area contributed by atoms with Gasteiger partial charge in [-0.25, -0.2) is 0 Å². The maximum atomic E-state index is 5.86. The summed E-state index contributed by atoms with van der Waals surface area (Å²) >= 11 is 11.7. The van der Waals surface area contributed by atoms with Crippen molar-refractivity contribution in [3.8, 4) is 11.5 Å². The van der Waals surface area contributed by atoms with Gasteiger partial charge in [0.1, 0.15) is 6.61 Å². The van der Waals surface area contributed by atoms with Crippen LogP contribution in [0.15, 0.2) is 42.5 Å². The summed E-state index contributed by atoms with van der Waals surface area (Å²) in [7, 11) is 0. The highest BCUT2D eigenvalue weighted by molar-refractivity contribution is 6.30. The maximum Gasteiger partial charge on any atom is 0.161 e. The Balaban J connectivity index is 2.09. The molecule has 2 aromatic rings. The average Bonchev–Trinajstić information content (AvgIpc) is 2.48. The Kier molecular flexibility index (Phi) is 5.57. The van der Waals surface area contributed by atoms with Gasteiger partial charge in [0.2, 0.25) is 0 Å². The average molecular weight is 311 g/mol. The van der Waals surface area contributed by atoms with Crippen molar-refractivity contribution >= 4 is 23.2 Å². The van der Waals surface area contributed by atoms with Gasteiger partial charge in [-0.3, -0.25) is 0 Å². The van der Waals surface area contributed by atoms with Crippen molar-refractivity contribution in [3.63, 3.8) is 0 Å². The van der Waals surface area contributed by atoms with E-state index in [1.54, 1.807) is 0 Å². The summed E-state index contributed by atoms with van der Waals surface area (Å²) in [6.45, 7) is 3.00. The van der Waals surface area contributed by atoms with Gasteiger partial charge in [-0.15, -0.1) is 11.6 Å². The van der Waals surface area contributed by atoms with Gasteiger partial charge >= 0.3 is 0 Å². The Morgan fingerprint density at radius 1 is 0.900 bits per heavy atom. The quantitative estimate of drug-likeness (QED) is 0.695. The van der Waals surface area contributed by atoms with E-state index in [0.717, 1.165) is 27.6 Å². The third-order valence-electron chi connectivity index (χ3n) is 2.77. The van der Waals surface area contributed by atoms with Crippen molar-refractivity contribution in [3.05, 3.63) is 58.6 Å². The van der Waals surface area contributed by atoms with E-state index in [0.29, 0.717) is 19.1 Å². The standard InChI is InChI=1S/C16H16Cl2O2/c1-2-19-16-9-13(10-17)5-8-15(16)20-11-12-3-6-14(18)7-4-12/h3-9H,2,10-11H2,1H3. The van der Waals surface area contributed by atoms with Crippen molar-refractivity contribution < 1.29 is 9.47 Å². The zero-order chi connectivity index (χ0) is 14.4. The molecule has 0 aromatic heterocycles. The van der Waals surface area contributed by atoms with E-state index in [2.05, 4.69) is 0 Å². The molecule has 0 aliphatic carbocycles. The molecule has 0 spiro atoms. The van der Waals surface area contributed by atoms with Gasteiger partial charge in [-0.05, 0) is 42.3 Å². The van der Waals surface area contributed by atoms with Crippen LogP contribution in [0.2, 0.25) is 5.02 Å². The molecule has 0 amide bonds. The summed E-state index contributed by atoms with van der Waals surface area (Å²) in [6.07, 6.45) is 0. The summed E-state index contributed by atoms with van der Waals surface area (Å²) in [5, 5.41) is 0.718. The normalized spacial score (nSPS) is 10.3. The van der Waals surface area contributed by atoms with Gasteiger partial charge in [0.25, 0.3) is 0 Å². The second-order valence-electron chi connectivity index (χ2n) is 4.26. The molecule has 0 saturated carbocycles. The molecule has 2 nitrogen and oxygen atoms in total. The van der Waals surface area contributed by atoms with Crippen molar-refractivity contribution in [2.75, 3.05) is 6.61 Å². The topological polar surface area (TPSA) is 18.5 Å². The zero-order valence-corrected chi connectivity index (χ0v) is 12.7. The smallest absolute Gasteiger partial charge is 0.161 e. The van der Waals surface area contributed by atoms with Crippen molar-refractivity contribution in [1.82, 2.24) is 0 Å². The van der Waals surface area contributed by atoms with Crippen LogP contribution in [0, 0.1) is 0 Å². The van der Waals surface area contributed by atoms with Crippen LogP contribution >= 0.6 is 23.2 Å². The lowest BCUT2D eigenvalue weighted by Crippen LogP contribution is -2.00. The monoisotopic (exact) mass is 310 g/mol. The fourth-order valence-electron chi connectivity index (χ4n) is 1.76. The van der Waals surface area contributed by atoms with E-state index >= 15 is 0 Å². The molecular weight excluding hydrogens is 295 g/mol. The van der Waals surface area contributed by atoms with Crippen molar-refractivity contribution in [2.24, 2.45) is 0 Å². The number of hydrogen-bond acceptors (Lipinski definition) is 2. The zero-order valence-electron chi connectivity index (χ0n) is 11.2. The Bertz CT molecular complexity index is 553. The van der Waals surface area contributed by atoms with Crippen LogP contribution in [0.1, 0.15) is 18.1 Å². The van der Waals surface area contributed by atoms with Crippen LogP contribution < -0.4 is 9.47 Å². The number of ether oxygens (including phenoxy) is 2. The molecule has 0 unspecified atom stereocenters. The minimum atomic E-state index is 0.456. The number of hydrogen-bond donors (Lipinski definition) is 0. The summed E-state index contributed by atoms with van der Waals surface area (Å²) in [4.78, 5) is 0. The highest BCUT2D eigenvalue weighted by Crippen LogP contribution is 2.29. The first-order valence-corrected chi connectivity index (χ1v) is 7.33. The molecule has 4 heteroatoms. The summed E-state index contributed by atoms with van der Waals surface area (Å²) in [6, 6.07) is 13.3. The van der Waals surface area contributed by atoms with Gasteiger partial charge in [0.15, 0.2) is 11.5 Å². The highest BCUT2D eigenvalue weighted by atomic mass is 35.5. The molecule has 106 valence electrons. The lowest BCUT2D eigenvalue weighted by Gasteiger charge is -2.13. The molecule has 0 bridgehead atoms. The lowest BCUT2D eigenvalue weighted by molar-refractivity contribution is 0.269. The Hall–Kier alpha value is -1.38. The predicted octanol–water partition coefficient (Wildman–Crippen LogP) is 5.06. The minimum Gasteiger partial charge on any atom is -0.490 e. The second-order valence-corrected chi connectivity index (χ2v) is 4.97. The molecule has 0 aliphatic heterocycles. The molecule has 0 radical (unpaired) electrons. The van der Waals surface area contributed by atoms with Crippen LogP contribution in [-0.4, -0.2) is 6.61 Å². The van der Waals surface area contributed by atoms with Crippen LogP contribution in [0.25, 0.3) is 0 Å². The van der Waals surface area contributed by atoms with Crippen molar-refractivity contribution in [1.29, 1.82) is 0 Å². The molecule has 0 fully saturated rings. The summed E-state index contributed by atoms with van der Waals surface area (Å²) in [5.74, 6) is 1.90. The van der Waals surface area contributed by atoms with Crippen LogP contribution in [0.5, 0.6) is 11.5 Å². The SMILES string of the molecule is CCOc1cc(CCl)ccc1OCc1ccc(Cl)cc1. The van der Waals surface area contributed by atoms with E-state index in [4.69, 9.17) is 32.7 Å². The largest absolute Gasteiger partial charge is 0.490 e. The van der Waals surface area contributed by atoms with Gasteiger partial charge < -0.3 is 9.47 Å². The molecule has 2 aromatic carbocycles. The molecule has 2 rings (SSSR count). The first-order chi connectivity index (χ1) is 9.72. The molecule has 0 atom stereocenters. The van der Waals surface area contributed by atoms with Gasteiger partial charge in [0, 0.05) is 10.9 Å². The van der Waals surface area contributed by atoms with Crippen LogP contribution in [-0.2, 0) is 12.5 Å². The third-order valence-corrected chi connectivity index (χ3v) is 3.33. The van der Waals surface area contributed by atoms with E-state index in [9.17, 15) is 0 Å². The van der Waals surface area contributed by atoms with Gasteiger partial charge in [0.05, 0.1) is 6.61 Å². The first kappa shape index (κ1) is 15.0. The van der Waals surface area contributed by atoms with E-state index in [1.807, 2.05) is 49.4 Å². The predicted molar refractivity (Wildman–Crippen MR) is 83.0 cm³/mol. The number of halogens is 2. The summed E-state index contributed by atoms with van der Waals surface area (Å²) < 4.78 is 11.4. The summed E-state index contributed by atoms with van der Waals surface area (Å²) in [5.41, 5.74) is 2.06. The molecule has 0 saturated heterocycles. The van der Waals surface area contributed by atoms with Gasteiger partial charge in [-0.2, -0.15) is 0 Å². The fourth-order valence-corrected chi connectivity index (χ4v) is 2.06. The highest BCUT2D eigenvalue weighted by Gasteiger charge is 2.06. The number of benzene rings is 2. The molecular formula is C16H16Cl2O2. The van der Waals surface area contributed by atoms with Gasteiger partial charge in [-0.1, -0.05) is 29.8 Å².